The van der Waals surface area contributed by atoms with E-state index >= 15 is 0 Å². The molecule has 1 amide bonds. The molecule has 4 N–H and O–H groups in total. The Morgan fingerprint density at radius 2 is 1.85 bits per heavy atom. The number of nitrogens with zero attached hydrogens (tertiary/aromatic N) is 1. The van der Waals surface area contributed by atoms with Gasteiger partial charge >= 0.3 is 0 Å². The number of carbonyl (C=O) groups excluding carboxylic acids is 1. The van der Waals surface area contributed by atoms with Gasteiger partial charge in [-0.1, -0.05) is 0 Å². The molecule has 0 aromatic rings. The molecule has 8 heteroatoms. The molecule has 0 aromatic carbocycles. The van der Waals surface area contributed by atoms with Gasteiger partial charge in [0.1, 0.15) is 6.23 Å². The van der Waals surface area contributed by atoms with Crippen molar-refractivity contribution >= 4 is 5.91 Å². The Morgan fingerprint density at radius 3 is 2.56 bits per heavy atom. The molecule has 5 fully saturated rings. The van der Waals surface area contributed by atoms with E-state index in [1.54, 1.807) is 0 Å². The first-order valence-corrected chi connectivity index (χ1v) is 10.8. The van der Waals surface area contributed by atoms with E-state index in [0.717, 1.165) is 71.4 Å². The molecule has 4 atom stereocenters. The highest BCUT2D eigenvalue weighted by Crippen LogP contribution is 2.33. The molecule has 1 aliphatic carbocycles. The zero-order valence-electron chi connectivity index (χ0n) is 16.0. The second-order valence-corrected chi connectivity index (χ2v) is 8.93. The lowest BCUT2D eigenvalue weighted by molar-refractivity contribution is -0.134. The zero-order chi connectivity index (χ0) is 18.2. The topological polar surface area (TPSA) is 86.9 Å². The minimum absolute atomic E-state index is 0.0742. The number of hydrogen-bond donors (Lipinski definition) is 4. The Balaban J connectivity index is 1.08. The van der Waals surface area contributed by atoms with Gasteiger partial charge in [-0.3, -0.25) is 20.3 Å². The Bertz CT molecular complexity index is 533. The molecule has 0 bridgehead atoms. The number of hydrogen-bond acceptors (Lipinski definition) is 7. The van der Waals surface area contributed by atoms with E-state index in [1.165, 1.54) is 0 Å². The Hall–Kier alpha value is -0.770. The van der Waals surface area contributed by atoms with Crippen LogP contribution < -0.4 is 21.4 Å². The van der Waals surface area contributed by atoms with Crippen LogP contribution >= 0.6 is 0 Å². The molecule has 152 valence electrons. The van der Waals surface area contributed by atoms with E-state index in [9.17, 15) is 4.79 Å². The third-order valence-corrected chi connectivity index (χ3v) is 6.86. The molecule has 8 nitrogen and oxygen atoms in total. The molecule has 1 saturated carbocycles. The summed E-state index contributed by atoms with van der Waals surface area (Å²) in [7, 11) is 0. The summed E-state index contributed by atoms with van der Waals surface area (Å²) in [6.45, 7) is 4.46. The van der Waals surface area contributed by atoms with Crippen molar-refractivity contribution in [3.05, 3.63) is 0 Å². The number of hydroxylamine groups is 1. The number of carbonyl (C=O) groups is 1. The molecule has 0 aromatic heterocycles. The number of piperidine rings is 2. The van der Waals surface area contributed by atoms with Crippen LogP contribution in [0.15, 0.2) is 0 Å². The maximum absolute atomic E-state index is 12.2. The smallest absolute Gasteiger partial charge is 0.225 e. The SMILES string of the molecule is O=C(C1CC1)N1CCC(C2NOC(C3CCNC(NC4COC4)C3)N2)CC1. The van der Waals surface area contributed by atoms with Crippen LogP contribution in [0, 0.1) is 17.8 Å². The van der Waals surface area contributed by atoms with Gasteiger partial charge in [0.05, 0.1) is 31.6 Å². The fourth-order valence-electron chi connectivity index (χ4n) is 4.86. The van der Waals surface area contributed by atoms with Crippen LogP contribution in [0.4, 0.5) is 0 Å². The summed E-state index contributed by atoms with van der Waals surface area (Å²) in [5.74, 6) is 1.75. The van der Waals surface area contributed by atoms with Crippen LogP contribution in [0.3, 0.4) is 0 Å². The van der Waals surface area contributed by atoms with Crippen LogP contribution in [-0.4, -0.2) is 68.3 Å². The summed E-state index contributed by atoms with van der Waals surface area (Å²) >= 11 is 0. The largest absolute Gasteiger partial charge is 0.378 e. The van der Waals surface area contributed by atoms with Gasteiger partial charge < -0.3 is 15.0 Å². The summed E-state index contributed by atoms with van der Waals surface area (Å²) in [5.41, 5.74) is 3.26. The number of ether oxygens (including phenoxy) is 1. The van der Waals surface area contributed by atoms with Crippen molar-refractivity contribution in [3.63, 3.8) is 0 Å². The molecular weight excluding hydrogens is 346 g/mol. The van der Waals surface area contributed by atoms with Gasteiger partial charge in [0, 0.05) is 24.9 Å². The van der Waals surface area contributed by atoms with E-state index < -0.39 is 0 Å². The van der Waals surface area contributed by atoms with Crippen molar-refractivity contribution < 1.29 is 14.4 Å². The third kappa shape index (κ3) is 4.16. The molecule has 27 heavy (non-hydrogen) atoms. The molecule has 5 aliphatic rings. The minimum atomic E-state index is 0.0742. The fraction of sp³-hybridized carbons (Fsp3) is 0.947. The first kappa shape index (κ1) is 18.3. The van der Waals surface area contributed by atoms with Crippen LogP contribution in [0.25, 0.3) is 0 Å². The Labute approximate surface area is 161 Å². The van der Waals surface area contributed by atoms with Crippen LogP contribution in [0.5, 0.6) is 0 Å². The summed E-state index contributed by atoms with van der Waals surface area (Å²) in [4.78, 5) is 20.3. The second kappa shape index (κ2) is 7.93. The van der Waals surface area contributed by atoms with Gasteiger partial charge in [-0.15, -0.1) is 0 Å². The highest BCUT2D eigenvalue weighted by atomic mass is 16.7. The van der Waals surface area contributed by atoms with Crippen LogP contribution in [-0.2, 0) is 14.4 Å². The van der Waals surface area contributed by atoms with Crippen molar-refractivity contribution in [2.75, 3.05) is 32.8 Å². The van der Waals surface area contributed by atoms with Crippen molar-refractivity contribution in [1.82, 2.24) is 26.3 Å². The number of nitrogens with one attached hydrogen (secondary N) is 4. The first-order valence-electron chi connectivity index (χ1n) is 10.8. The molecule has 4 heterocycles. The molecule has 0 spiro atoms. The standard InChI is InChI=1S/C19H33N5O3/c25-19(13-1-2-13)24-7-4-12(5-8-24)17-22-18(27-23-17)14-3-6-20-16(9-14)21-15-10-26-11-15/h12-18,20-23H,1-11H2. The predicted molar refractivity (Wildman–Crippen MR) is 99.2 cm³/mol. The summed E-state index contributed by atoms with van der Waals surface area (Å²) in [6, 6.07) is 0.494. The van der Waals surface area contributed by atoms with Crippen molar-refractivity contribution in [1.29, 1.82) is 0 Å². The molecular formula is C19H33N5O3. The van der Waals surface area contributed by atoms with Gasteiger partial charge in [-0.2, -0.15) is 5.48 Å². The summed E-state index contributed by atoms with van der Waals surface area (Å²) in [6.07, 6.45) is 7.11. The number of amides is 1. The highest BCUT2D eigenvalue weighted by Gasteiger charge is 2.40. The molecule has 4 saturated heterocycles. The highest BCUT2D eigenvalue weighted by molar-refractivity contribution is 5.81. The summed E-state index contributed by atoms with van der Waals surface area (Å²) < 4.78 is 5.26. The quantitative estimate of drug-likeness (QED) is 0.523. The number of likely N-dealkylation sites (tertiary alicyclic amines) is 1. The van der Waals surface area contributed by atoms with Gasteiger partial charge in [0.2, 0.25) is 5.91 Å². The Morgan fingerprint density at radius 1 is 1.04 bits per heavy atom. The third-order valence-electron chi connectivity index (χ3n) is 6.86. The minimum Gasteiger partial charge on any atom is -0.378 e. The predicted octanol–water partition coefficient (Wildman–Crippen LogP) is -0.274. The average molecular weight is 380 g/mol. The van der Waals surface area contributed by atoms with Crippen molar-refractivity contribution in [2.45, 2.75) is 63.1 Å². The molecule has 0 radical (unpaired) electrons. The van der Waals surface area contributed by atoms with E-state index in [-0.39, 0.29) is 12.4 Å². The van der Waals surface area contributed by atoms with Gasteiger partial charge in [0.15, 0.2) is 0 Å². The van der Waals surface area contributed by atoms with E-state index in [1.807, 2.05) is 0 Å². The maximum Gasteiger partial charge on any atom is 0.225 e. The van der Waals surface area contributed by atoms with E-state index in [2.05, 4.69) is 26.3 Å². The lowest BCUT2D eigenvalue weighted by Gasteiger charge is -2.38. The second-order valence-electron chi connectivity index (χ2n) is 8.93. The monoisotopic (exact) mass is 379 g/mol. The van der Waals surface area contributed by atoms with Crippen molar-refractivity contribution in [3.8, 4) is 0 Å². The zero-order valence-corrected chi connectivity index (χ0v) is 16.0. The lowest BCUT2D eigenvalue weighted by atomic mass is 9.91. The molecule has 4 aliphatic heterocycles. The van der Waals surface area contributed by atoms with Crippen LogP contribution in [0.2, 0.25) is 0 Å². The normalized spacial score (nSPS) is 38.7. The van der Waals surface area contributed by atoms with E-state index in [0.29, 0.717) is 35.9 Å². The van der Waals surface area contributed by atoms with Crippen LogP contribution in [0.1, 0.15) is 38.5 Å². The molecule has 5 rings (SSSR count). The van der Waals surface area contributed by atoms with Gasteiger partial charge in [0.25, 0.3) is 0 Å². The summed E-state index contributed by atoms with van der Waals surface area (Å²) in [5, 5.41) is 10.9. The molecule has 4 unspecified atom stereocenters. The Kier molecular flexibility index (Phi) is 5.36. The van der Waals surface area contributed by atoms with Gasteiger partial charge in [-0.05, 0) is 51.0 Å². The van der Waals surface area contributed by atoms with Gasteiger partial charge in [-0.25, -0.2) is 0 Å². The lowest BCUT2D eigenvalue weighted by Crippen LogP contribution is -2.58. The fourth-order valence-corrected chi connectivity index (χ4v) is 4.86. The maximum atomic E-state index is 12.2. The number of rotatable bonds is 5. The van der Waals surface area contributed by atoms with Crippen molar-refractivity contribution in [2.24, 2.45) is 17.8 Å². The average Bonchev–Trinajstić information content (AvgIpc) is 3.41. The first-order chi connectivity index (χ1) is 13.3. The van der Waals surface area contributed by atoms with E-state index in [4.69, 9.17) is 9.57 Å².